The summed E-state index contributed by atoms with van der Waals surface area (Å²) >= 11 is 0. The largest absolute Gasteiger partial charge is 0.351 e. The van der Waals surface area contributed by atoms with Gasteiger partial charge in [0.1, 0.15) is 0 Å². The van der Waals surface area contributed by atoms with Crippen molar-refractivity contribution in [2.75, 3.05) is 17.0 Å². The highest BCUT2D eigenvalue weighted by Gasteiger charge is 2.15. The van der Waals surface area contributed by atoms with E-state index in [2.05, 4.69) is 30.8 Å². The fourth-order valence-corrected chi connectivity index (χ4v) is 3.23. The van der Waals surface area contributed by atoms with Crippen LogP contribution in [0.4, 0.5) is 5.69 Å². The van der Waals surface area contributed by atoms with E-state index in [9.17, 15) is 13.2 Å². The molecule has 0 saturated heterocycles. The summed E-state index contributed by atoms with van der Waals surface area (Å²) < 4.78 is 26.5. The number of rotatable bonds is 6. The number of benzene rings is 2. The number of anilines is 1. The number of carbonyl (C=O) groups excluding carboxylic acids is 1. The number of para-hydroxylation sites is 1. The van der Waals surface area contributed by atoms with Gasteiger partial charge >= 0.3 is 0 Å². The third-order valence-corrected chi connectivity index (χ3v) is 5.00. The van der Waals surface area contributed by atoms with Crippen LogP contribution in [0.5, 0.6) is 0 Å². The zero-order chi connectivity index (χ0) is 18.5. The molecule has 2 aromatic rings. The lowest BCUT2D eigenvalue weighted by Gasteiger charge is -2.19. The summed E-state index contributed by atoms with van der Waals surface area (Å²) in [7, 11) is -3.50. The van der Waals surface area contributed by atoms with Gasteiger partial charge in [-0.25, -0.2) is 8.42 Å². The van der Waals surface area contributed by atoms with Gasteiger partial charge in [0, 0.05) is 17.8 Å². The monoisotopic (exact) mass is 360 g/mol. The van der Waals surface area contributed by atoms with Gasteiger partial charge in [0.25, 0.3) is 5.91 Å². The molecule has 0 bridgehead atoms. The Balaban J connectivity index is 1.87. The molecule has 2 N–H and O–H groups in total. The summed E-state index contributed by atoms with van der Waals surface area (Å²) in [6, 6.07) is 16.0. The Morgan fingerprint density at radius 2 is 1.56 bits per heavy atom. The van der Waals surface area contributed by atoms with Gasteiger partial charge in [-0.15, -0.1) is 0 Å². The molecule has 5 nitrogen and oxygen atoms in total. The van der Waals surface area contributed by atoms with Crippen LogP contribution in [-0.2, 0) is 15.4 Å². The molecule has 0 aliphatic rings. The number of sulfonamides is 1. The van der Waals surface area contributed by atoms with Gasteiger partial charge in [0.2, 0.25) is 10.0 Å². The summed E-state index contributed by atoms with van der Waals surface area (Å²) in [6.07, 6.45) is 0. The Bertz CT molecular complexity index is 808. The minimum absolute atomic E-state index is 0.0200. The summed E-state index contributed by atoms with van der Waals surface area (Å²) in [5, 5.41) is 2.64. The number of carbonyl (C=O) groups is 1. The van der Waals surface area contributed by atoms with E-state index in [4.69, 9.17) is 0 Å². The van der Waals surface area contributed by atoms with Crippen LogP contribution in [0.2, 0.25) is 0 Å². The molecule has 25 heavy (non-hydrogen) atoms. The highest BCUT2D eigenvalue weighted by Crippen LogP contribution is 2.22. The van der Waals surface area contributed by atoms with Crippen molar-refractivity contribution in [3.05, 3.63) is 65.7 Å². The first-order valence-corrected chi connectivity index (χ1v) is 9.77. The van der Waals surface area contributed by atoms with Crippen molar-refractivity contribution in [3.8, 4) is 0 Å². The van der Waals surface area contributed by atoms with E-state index in [0.29, 0.717) is 11.3 Å². The summed E-state index contributed by atoms with van der Waals surface area (Å²) in [5.41, 5.74) is 2.18. The molecule has 0 radical (unpaired) electrons. The predicted molar refractivity (Wildman–Crippen MR) is 101 cm³/mol. The SMILES string of the molecule is CC(C)(C)c1ccc(C(=O)NCCS(=O)(=O)Nc2ccccc2)cc1. The van der Waals surface area contributed by atoms with E-state index in [-0.39, 0.29) is 23.6 Å². The van der Waals surface area contributed by atoms with Crippen LogP contribution in [0.25, 0.3) is 0 Å². The molecule has 6 heteroatoms. The van der Waals surface area contributed by atoms with Crippen LogP contribution in [0.15, 0.2) is 54.6 Å². The molecule has 0 spiro atoms. The van der Waals surface area contributed by atoms with Crippen molar-refractivity contribution < 1.29 is 13.2 Å². The van der Waals surface area contributed by atoms with Crippen LogP contribution in [0.1, 0.15) is 36.7 Å². The molecule has 0 aliphatic heterocycles. The van der Waals surface area contributed by atoms with Gasteiger partial charge in [-0.05, 0) is 35.2 Å². The Morgan fingerprint density at radius 3 is 2.12 bits per heavy atom. The van der Waals surface area contributed by atoms with Crippen molar-refractivity contribution in [1.82, 2.24) is 5.32 Å². The maximum absolute atomic E-state index is 12.1. The number of hydrogen-bond donors (Lipinski definition) is 2. The third kappa shape index (κ3) is 5.90. The average molecular weight is 360 g/mol. The summed E-state index contributed by atoms with van der Waals surface area (Å²) in [5.74, 6) is -0.469. The van der Waals surface area contributed by atoms with E-state index in [0.717, 1.165) is 5.56 Å². The zero-order valence-electron chi connectivity index (χ0n) is 14.7. The lowest BCUT2D eigenvalue weighted by molar-refractivity contribution is 0.0956. The molecule has 0 fully saturated rings. The minimum Gasteiger partial charge on any atom is -0.351 e. The quantitative estimate of drug-likeness (QED) is 0.831. The lowest BCUT2D eigenvalue weighted by atomic mass is 9.87. The molecule has 134 valence electrons. The Morgan fingerprint density at radius 1 is 0.960 bits per heavy atom. The Kier molecular flexibility index (Phi) is 5.85. The standard InChI is InChI=1S/C19H24N2O3S/c1-19(2,3)16-11-9-15(10-12-16)18(22)20-13-14-25(23,24)21-17-7-5-4-6-8-17/h4-12,21H,13-14H2,1-3H3,(H,20,22). The third-order valence-electron chi connectivity index (χ3n) is 3.72. The van der Waals surface area contributed by atoms with Crippen LogP contribution < -0.4 is 10.0 Å². The Hall–Kier alpha value is -2.34. The second-order valence-corrected chi connectivity index (χ2v) is 8.71. The molecule has 0 aliphatic carbocycles. The maximum atomic E-state index is 12.1. The average Bonchev–Trinajstić information content (AvgIpc) is 2.54. The smallest absolute Gasteiger partial charge is 0.251 e. The normalized spacial score (nSPS) is 11.8. The fourth-order valence-electron chi connectivity index (χ4n) is 2.26. The van der Waals surface area contributed by atoms with E-state index < -0.39 is 10.0 Å². The van der Waals surface area contributed by atoms with Crippen LogP contribution in [0.3, 0.4) is 0 Å². The molecule has 2 rings (SSSR count). The Labute approximate surface area is 149 Å². The minimum atomic E-state index is -3.50. The number of amides is 1. The van der Waals surface area contributed by atoms with E-state index >= 15 is 0 Å². The van der Waals surface area contributed by atoms with Crippen LogP contribution in [0, 0.1) is 0 Å². The van der Waals surface area contributed by atoms with Crippen molar-refractivity contribution in [2.24, 2.45) is 0 Å². The van der Waals surface area contributed by atoms with E-state index in [1.807, 2.05) is 18.2 Å². The van der Waals surface area contributed by atoms with Gasteiger partial charge in [0.15, 0.2) is 0 Å². The molecule has 0 unspecified atom stereocenters. The molecule has 0 aromatic heterocycles. The van der Waals surface area contributed by atoms with Gasteiger partial charge in [-0.2, -0.15) is 0 Å². The summed E-state index contributed by atoms with van der Waals surface area (Å²) in [6.45, 7) is 6.36. The van der Waals surface area contributed by atoms with E-state index in [1.54, 1.807) is 36.4 Å². The first kappa shape index (κ1) is 19.0. The van der Waals surface area contributed by atoms with Crippen LogP contribution in [-0.4, -0.2) is 26.6 Å². The highest BCUT2D eigenvalue weighted by atomic mass is 32.2. The topological polar surface area (TPSA) is 75.3 Å². The molecule has 0 heterocycles. The molecular formula is C19H24N2O3S. The number of hydrogen-bond acceptors (Lipinski definition) is 3. The van der Waals surface area contributed by atoms with Crippen LogP contribution >= 0.6 is 0 Å². The predicted octanol–water partition coefficient (Wildman–Crippen LogP) is 3.16. The lowest BCUT2D eigenvalue weighted by Crippen LogP contribution is -2.31. The second kappa shape index (κ2) is 7.70. The zero-order valence-corrected chi connectivity index (χ0v) is 15.6. The molecule has 1 amide bonds. The second-order valence-electron chi connectivity index (χ2n) is 6.87. The van der Waals surface area contributed by atoms with Crippen molar-refractivity contribution >= 4 is 21.6 Å². The molecule has 2 aromatic carbocycles. The first-order chi connectivity index (χ1) is 11.7. The molecular weight excluding hydrogens is 336 g/mol. The number of nitrogens with one attached hydrogen (secondary N) is 2. The molecule has 0 saturated carbocycles. The van der Waals surface area contributed by atoms with Gasteiger partial charge in [-0.1, -0.05) is 51.1 Å². The fraction of sp³-hybridized carbons (Fsp3) is 0.316. The van der Waals surface area contributed by atoms with Crippen molar-refractivity contribution in [1.29, 1.82) is 0 Å². The van der Waals surface area contributed by atoms with Crippen molar-refractivity contribution in [2.45, 2.75) is 26.2 Å². The van der Waals surface area contributed by atoms with Gasteiger partial charge in [-0.3, -0.25) is 9.52 Å². The van der Waals surface area contributed by atoms with Gasteiger partial charge < -0.3 is 5.32 Å². The maximum Gasteiger partial charge on any atom is 0.251 e. The highest BCUT2D eigenvalue weighted by molar-refractivity contribution is 7.92. The van der Waals surface area contributed by atoms with Gasteiger partial charge in [0.05, 0.1) is 5.75 Å². The van der Waals surface area contributed by atoms with Crippen molar-refractivity contribution in [3.63, 3.8) is 0 Å². The summed E-state index contributed by atoms with van der Waals surface area (Å²) in [4.78, 5) is 12.1. The first-order valence-electron chi connectivity index (χ1n) is 8.12. The molecule has 0 atom stereocenters. The van der Waals surface area contributed by atoms with E-state index in [1.165, 1.54) is 0 Å².